The first kappa shape index (κ1) is 8.73. The number of nitrogens with zero attached hydrogens (tertiary/aromatic N) is 3. The van der Waals surface area contributed by atoms with Crippen LogP contribution in [0.3, 0.4) is 0 Å². The summed E-state index contributed by atoms with van der Waals surface area (Å²) < 4.78 is 25.5. The number of amides is 1. The number of rotatable bonds is 2. The van der Waals surface area contributed by atoms with E-state index in [1.165, 1.54) is 0 Å². The smallest absolute Gasteiger partial charge is 0.329 e. The van der Waals surface area contributed by atoms with E-state index in [1.807, 2.05) is 5.32 Å². The molecule has 1 saturated heterocycles. The molecule has 1 amide bonds. The lowest BCUT2D eigenvalue weighted by atomic mass is 10.1. The van der Waals surface area contributed by atoms with Crippen LogP contribution in [0.2, 0.25) is 0 Å². The summed E-state index contributed by atoms with van der Waals surface area (Å²) >= 11 is 0. The van der Waals surface area contributed by atoms with Crippen LogP contribution in [0.5, 0.6) is 0 Å². The predicted molar refractivity (Wildman–Crippen MR) is 35.5 cm³/mol. The van der Waals surface area contributed by atoms with Crippen molar-refractivity contribution < 1.29 is 13.6 Å². The summed E-state index contributed by atoms with van der Waals surface area (Å²) in [5, 5.41) is 4.99. The van der Waals surface area contributed by atoms with Gasteiger partial charge in [-0.3, -0.25) is 4.79 Å². The van der Waals surface area contributed by atoms with Gasteiger partial charge >= 0.3 is 5.92 Å². The van der Waals surface area contributed by atoms with Crippen molar-refractivity contribution in [3.63, 3.8) is 0 Å². The standard InChI is InChI=1S/C5H6F2N4O/c6-5(7)3(2-10-11-8)1-9-4(5)12/h3H,1-2H2,(H,9,12). The fourth-order valence-corrected chi connectivity index (χ4v) is 0.962. The summed E-state index contributed by atoms with van der Waals surface area (Å²) in [7, 11) is 0. The van der Waals surface area contributed by atoms with E-state index in [9.17, 15) is 13.6 Å². The van der Waals surface area contributed by atoms with Gasteiger partial charge in [-0.1, -0.05) is 5.11 Å². The van der Waals surface area contributed by atoms with Crippen molar-refractivity contribution in [2.45, 2.75) is 5.92 Å². The molecular formula is C5H6F2N4O. The molecule has 7 heteroatoms. The zero-order valence-electron chi connectivity index (χ0n) is 6.00. The van der Waals surface area contributed by atoms with E-state index in [1.54, 1.807) is 0 Å². The molecule has 66 valence electrons. The third kappa shape index (κ3) is 1.31. The van der Waals surface area contributed by atoms with E-state index in [0.29, 0.717) is 0 Å². The minimum absolute atomic E-state index is 0.134. The number of alkyl halides is 2. The molecule has 5 nitrogen and oxygen atoms in total. The Hall–Kier alpha value is -1.36. The van der Waals surface area contributed by atoms with Crippen molar-refractivity contribution in [2.24, 2.45) is 11.0 Å². The van der Waals surface area contributed by atoms with E-state index in [2.05, 4.69) is 10.0 Å². The highest BCUT2D eigenvalue weighted by Crippen LogP contribution is 2.29. The van der Waals surface area contributed by atoms with Crippen molar-refractivity contribution in [1.29, 1.82) is 0 Å². The average Bonchev–Trinajstić information content (AvgIpc) is 2.25. The van der Waals surface area contributed by atoms with Gasteiger partial charge in [-0.15, -0.1) is 0 Å². The maximum atomic E-state index is 12.7. The summed E-state index contributed by atoms with van der Waals surface area (Å²) in [4.78, 5) is 12.8. The molecular weight excluding hydrogens is 170 g/mol. The molecule has 0 aliphatic carbocycles. The van der Waals surface area contributed by atoms with E-state index in [0.717, 1.165) is 0 Å². The third-order valence-corrected chi connectivity index (χ3v) is 1.69. The molecule has 12 heavy (non-hydrogen) atoms. The summed E-state index contributed by atoms with van der Waals surface area (Å²) in [6.07, 6.45) is 0. The first-order valence-corrected chi connectivity index (χ1v) is 3.26. The second kappa shape index (κ2) is 2.94. The molecule has 0 radical (unpaired) electrons. The first-order chi connectivity index (χ1) is 5.59. The molecule has 1 atom stereocenters. The van der Waals surface area contributed by atoms with Gasteiger partial charge in [-0.05, 0) is 5.53 Å². The summed E-state index contributed by atoms with van der Waals surface area (Å²) in [5.74, 6) is -5.89. The third-order valence-electron chi connectivity index (χ3n) is 1.69. The SMILES string of the molecule is [N-]=[N+]=NCC1CNC(=O)C1(F)F. The molecule has 0 saturated carbocycles. The van der Waals surface area contributed by atoms with Gasteiger partial charge in [0.1, 0.15) is 0 Å². The molecule has 1 rings (SSSR count). The molecule has 1 N–H and O–H groups in total. The zero-order chi connectivity index (χ0) is 9.19. The zero-order valence-corrected chi connectivity index (χ0v) is 6.00. The van der Waals surface area contributed by atoms with Crippen molar-refractivity contribution >= 4 is 5.91 Å². The molecule has 1 unspecified atom stereocenters. The van der Waals surface area contributed by atoms with Crippen molar-refractivity contribution in [1.82, 2.24) is 5.32 Å². The van der Waals surface area contributed by atoms with Gasteiger partial charge in [0.15, 0.2) is 0 Å². The summed E-state index contributed by atoms with van der Waals surface area (Å²) in [6, 6.07) is 0. The van der Waals surface area contributed by atoms with Gasteiger partial charge in [0, 0.05) is 18.0 Å². The van der Waals surface area contributed by atoms with E-state index in [4.69, 9.17) is 5.53 Å². The second-order valence-electron chi connectivity index (χ2n) is 2.44. The Morgan fingerprint density at radius 2 is 2.50 bits per heavy atom. The van der Waals surface area contributed by atoms with Crippen LogP contribution in [0.4, 0.5) is 8.78 Å². The van der Waals surface area contributed by atoms with Gasteiger partial charge in [0.25, 0.3) is 5.91 Å². The number of carbonyl (C=O) groups is 1. The van der Waals surface area contributed by atoms with Gasteiger partial charge in [0.05, 0.1) is 5.92 Å². The Morgan fingerprint density at radius 3 is 2.92 bits per heavy atom. The van der Waals surface area contributed by atoms with Gasteiger partial charge < -0.3 is 5.32 Å². The molecule has 1 aliphatic heterocycles. The second-order valence-corrected chi connectivity index (χ2v) is 2.44. The van der Waals surface area contributed by atoms with Crippen LogP contribution in [0.1, 0.15) is 0 Å². The number of carbonyl (C=O) groups excluding carboxylic acids is 1. The number of halogens is 2. The molecule has 1 fully saturated rings. The van der Waals surface area contributed by atoms with Crippen LogP contribution >= 0.6 is 0 Å². The van der Waals surface area contributed by atoms with Gasteiger partial charge in [0.2, 0.25) is 0 Å². The molecule has 0 aromatic rings. The fraction of sp³-hybridized carbons (Fsp3) is 0.800. The molecule has 1 aliphatic rings. The number of hydrogen-bond acceptors (Lipinski definition) is 2. The molecule has 0 spiro atoms. The van der Waals surface area contributed by atoms with Crippen molar-refractivity contribution in [3.8, 4) is 0 Å². The van der Waals surface area contributed by atoms with Crippen molar-refractivity contribution in [3.05, 3.63) is 10.4 Å². The van der Waals surface area contributed by atoms with Crippen LogP contribution < -0.4 is 5.32 Å². The molecule has 0 aromatic heterocycles. The highest BCUT2D eigenvalue weighted by atomic mass is 19.3. The minimum Gasteiger partial charge on any atom is -0.350 e. The van der Waals surface area contributed by atoms with E-state index >= 15 is 0 Å². The Kier molecular flexibility index (Phi) is 2.14. The Balaban J connectivity index is 2.68. The highest BCUT2D eigenvalue weighted by molar-refractivity contribution is 5.86. The van der Waals surface area contributed by atoms with Crippen LogP contribution in [-0.4, -0.2) is 24.9 Å². The van der Waals surface area contributed by atoms with Gasteiger partial charge in [-0.25, -0.2) is 0 Å². The fourth-order valence-electron chi connectivity index (χ4n) is 0.962. The molecule has 0 bridgehead atoms. The largest absolute Gasteiger partial charge is 0.350 e. The van der Waals surface area contributed by atoms with Crippen LogP contribution in [0, 0.1) is 5.92 Å². The maximum absolute atomic E-state index is 12.7. The van der Waals surface area contributed by atoms with Crippen LogP contribution in [0.15, 0.2) is 5.11 Å². The molecule has 0 aromatic carbocycles. The highest BCUT2D eigenvalue weighted by Gasteiger charge is 2.51. The Morgan fingerprint density at radius 1 is 1.83 bits per heavy atom. The minimum atomic E-state index is -3.39. The lowest BCUT2D eigenvalue weighted by Crippen LogP contribution is -2.33. The van der Waals surface area contributed by atoms with E-state index < -0.39 is 17.7 Å². The van der Waals surface area contributed by atoms with Crippen LogP contribution in [0.25, 0.3) is 10.4 Å². The van der Waals surface area contributed by atoms with Crippen molar-refractivity contribution in [2.75, 3.05) is 13.1 Å². The van der Waals surface area contributed by atoms with Crippen LogP contribution in [-0.2, 0) is 4.79 Å². The lowest BCUT2D eigenvalue weighted by molar-refractivity contribution is -0.143. The van der Waals surface area contributed by atoms with E-state index in [-0.39, 0.29) is 13.1 Å². The predicted octanol–water partition coefficient (Wildman–Crippen LogP) is 0.678. The quantitative estimate of drug-likeness (QED) is 0.374. The Labute approximate surface area is 66.4 Å². The summed E-state index contributed by atoms with van der Waals surface area (Å²) in [5.41, 5.74) is 7.87. The average molecular weight is 176 g/mol. The lowest BCUT2D eigenvalue weighted by Gasteiger charge is -2.11. The number of hydrogen-bond donors (Lipinski definition) is 1. The van der Waals surface area contributed by atoms with Gasteiger partial charge in [-0.2, -0.15) is 8.78 Å². The summed E-state index contributed by atoms with van der Waals surface area (Å²) in [6.45, 7) is -0.493. The Bertz CT molecular complexity index is 248. The number of nitrogens with one attached hydrogen (secondary N) is 1. The topological polar surface area (TPSA) is 77.9 Å². The normalized spacial score (nSPS) is 26.2. The first-order valence-electron chi connectivity index (χ1n) is 3.26. The maximum Gasteiger partial charge on any atom is 0.329 e. The number of azide groups is 1. The monoisotopic (exact) mass is 176 g/mol. The molecule has 1 heterocycles.